The molecule has 41 heavy (non-hydrogen) atoms. The van der Waals surface area contributed by atoms with Gasteiger partial charge in [0, 0.05) is 5.69 Å². The van der Waals surface area contributed by atoms with Crippen LogP contribution < -0.4 is 21.7 Å². The number of benzene rings is 2. The average Bonchev–Trinajstić information content (AvgIpc) is 3.37. The van der Waals surface area contributed by atoms with Crippen molar-refractivity contribution in [3.63, 3.8) is 0 Å². The number of nitrogens with one attached hydrogen (secondary N) is 1. The average molecular weight is 582 g/mol. The summed E-state index contributed by atoms with van der Waals surface area (Å²) in [5.41, 5.74) is 12.8. The molecule has 12 heteroatoms. The van der Waals surface area contributed by atoms with Gasteiger partial charge in [0.15, 0.2) is 5.69 Å². The first-order valence-electron chi connectivity index (χ1n) is 13.4. The number of aromatic nitrogens is 1. The van der Waals surface area contributed by atoms with E-state index in [2.05, 4.69) is 9.69 Å². The molecule has 0 bridgehead atoms. The Balaban J connectivity index is 1.80. The van der Waals surface area contributed by atoms with E-state index in [1.165, 1.54) is 35.6 Å². The van der Waals surface area contributed by atoms with Gasteiger partial charge in [-0.1, -0.05) is 43.5 Å². The Labute approximate surface area is 241 Å². The molecule has 2 aromatic carbocycles. The van der Waals surface area contributed by atoms with Crippen LogP contribution in [0.3, 0.4) is 0 Å². The predicted octanol–water partition coefficient (Wildman–Crippen LogP) is 4.08. The summed E-state index contributed by atoms with van der Waals surface area (Å²) in [7, 11) is 0. The molecule has 1 aromatic heterocycles. The number of halogens is 1. The van der Waals surface area contributed by atoms with Crippen LogP contribution in [0.15, 0.2) is 48.5 Å². The maximum Gasteiger partial charge on any atom is 0.325 e. The van der Waals surface area contributed by atoms with Gasteiger partial charge in [-0.05, 0) is 72.6 Å². The summed E-state index contributed by atoms with van der Waals surface area (Å²) in [5, 5.41) is 2.52. The lowest BCUT2D eigenvalue weighted by molar-refractivity contribution is -0.143. The van der Waals surface area contributed by atoms with Crippen LogP contribution in [0.5, 0.6) is 0 Å². The number of nitrogen functional groups attached to an aromatic ring is 1. The van der Waals surface area contributed by atoms with Crippen LogP contribution in [-0.4, -0.2) is 41.2 Å². The summed E-state index contributed by atoms with van der Waals surface area (Å²) in [5.74, 6) is -3.13. The molecule has 4 rings (SSSR count). The van der Waals surface area contributed by atoms with Crippen LogP contribution in [0.2, 0.25) is 0 Å². The van der Waals surface area contributed by atoms with Crippen molar-refractivity contribution in [3.05, 3.63) is 76.0 Å². The topological polar surface area (TPSA) is 158 Å². The third-order valence-electron chi connectivity index (χ3n) is 7.03. The predicted molar refractivity (Wildman–Crippen MR) is 153 cm³/mol. The quantitative estimate of drug-likeness (QED) is 0.304. The van der Waals surface area contributed by atoms with Crippen molar-refractivity contribution in [3.8, 4) is 0 Å². The molecular formula is C29H32FN5O5S. The number of amides is 3. The molecule has 3 aromatic rings. The van der Waals surface area contributed by atoms with Gasteiger partial charge in [-0.2, -0.15) is 4.37 Å². The SMILES string of the molecule is CCOC(=O)CNC(=O)[C@@H](c1ccc(F)cc1)N(C(=O)c1snc(C(N)=O)c1N)c1ccc(C2CCCCC2)cc1. The van der Waals surface area contributed by atoms with Crippen LogP contribution in [0.4, 0.5) is 15.8 Å². The lowest BCUT2D eigenvalue weighted by Gasteiger charge is -2.31. The molecule has 1 saturated carbocycles. The molecule has 0 spiro atoms. The highest BCUT2D eigenvalue weighted by Gasteiger charge is 2.36. The fourth-order valence-corrected chi connectivity index (χ4v) is 5.74. The van der Waals surface area contributed by atoms with Crippen LogP contribution in [0, 0.1) is 5.82 Å². The number of rotatable bonds is 10. The Morgan fingerprint density at radius 3 is 2.32 bits per heavy atom. The molecular weight excluding hydrogens is 549 g/mol. The zero-order valence-electron chi connectivity index (χ0n) is 22.6. The van der Waals surface area contributed by atoms with Gasteiger partial charge in [0.05, 0.1) is 12.3 Å². The number of carbonyl (C=O) groups excluding carboxylic acids is 4. The van der Waals surface area contributed by atoms with Crippen molar-refractivity contribution in [2.24, 2.45) is 5.73 Å². The number of nitrogens with two attached hydrogens (primary N) is 2. The molecule has 216 valence electrons. The third kappa shape index (κ3) is 6.88. The van der Waals surface area contributed by atoms with E-state index in [-0.39, 0.29) is 28.4 Å². The van der Waals surface area contributed by atoms with E-state index in [0.29, 0.717) is 23.1 Å². The molecule has 0 aliphatic heterocycles. The first-order chi connectivity index (χ1) is 19.7. The summed E-state index contributed by atoms with van der Waals surface area (Å²) >= 11 is 0.680. The second-order valence-corrected chi connectivity index (χ2v) is 10.5. The number of esters is 1. The van der Waals surface area contributed by atoms with Crippen LogP contribution >= 0.6 is 11.5 Å². The van der Waals surface area contributed by atoms with E-state index in [1.54, 1.807) is 19.1 Å². The highest BCUT2D eigenvalue weighted by molar-refractivity contribution is 7.09. The standard InChI is InChI=1S/C29H32FN5O5S/c1-2-40-22(36)16-33-28(38)25(19-8-12-20(30)13-9-19)35(29(39)26-23(31)24(27(32)37)34-41-26)21-14-10-18(11-15-21)17-6-4-3-5-7-17/h8-15,17,25H,2-7,16,31H2,1H3,(H2,32,37)(H,33,38)/t25-/m1/s1. The van der Waals surface area contributed by atoms with Crippen LogP contribution in [0.25, 0.3) is 0 Å². The van der Waals surface area contributed by atoms with Crippen molar-refractivity contribution in [1.29, 1.82) is 0 Å². The largest absolute Gasteiger partial charge is 0.465 e. The molecule has 5 N–H and O–H groups in total. The van der Waals surface area contributed by atoms with Crippen molar-refractivity contribution in [1.82, 2.24) is 9.69 Å². The fourth-order valence-electron chi connectivity index (χ4n) is 5.00. The van der Waals surface area contributed by atoms with Crippen molar-refractivity contribution < 1.29 is 28.3 Å². The Kier molecular flexibility index (Phi) is 9.66. The summed E-state index contributed by atoms with van der Waals surface area (Å²) in [4.78, 5) is 52.7. The zero-order valence-corrected chi connectivity index (χ0v) is 23.4. The highest BCUT2D eigenvalue weighted by Crippen LogP contribution is 2.36. The maximum atomic E-state index is 14.1. The van der Waals surface area contributed by atoms with E-state index < -0.39 is 42.1 Å². The van der Waals surface area contributed by atoms with E-state index >= 15 is 0 Å². The molecule has 0 unspecified atom stereocenters. The first-order valence-corrected chi connectivity index (χ1v) is 14.2. The molecule has 3 amide bonds. The van der Waals surface area contributed by atoms with E-state index in [0.717, 1.165) is 31.2 Å². The normalized spacial score (nSPS) is 14.2. The van der Waals surface area contributed by atoms with E-state index in [1.807, 2.05) is 12.1 Å². The Bertz CT molecular complexity index is 1400. The van der Waals surface area contributed by atoms with Crippen molar-refractivity contribution in [2.45, 2.75) is 51.0 Å². The lowest BCUT2D eigenvalue weighted by Crippen LogP contribution is -2.45. The van der Waals surface area contributed by atoms with Gasteiger partial charge in [-0.25, -0.2) is 4.39 Å². The number of nitrogens with zero attached hydrogens (tertiary/aromatic N) is 2. The summed E-state index contributed by atoms with van der Waals surface area (Å²) in [6, 6.07) is 11.1. The first kappa shape index (κ1) is 29.7. The molecule has 1 heterocycles. The van der Waals surface area contributed by atoms with Gasteiger partial charge in [-0.15, -0.1) is 0 Å². The minimum atomic E-state index is -1.35. The smallest absolute Gasteiger partial charge is 0.325 e. The molecule has 0 saturated heterocycles. The summed E-state index contributed by atoms with van der Waals surface area (Å²) in [6.07, 6.45) is 5.66. The summed E-state index contributed by atoms with van der Waals surface area (Å²) < 4.78 is 22.7. The zero-order chi connectivity index (χ0) is 29.5. The minimum absolute atomic E-state index is 0.0968. The molecule has 1 aliphatic rings. The number of carbonyl (C=O) groups is 4. The van der Waals surface area contributed by atoms with Gasteiger partial charge < -0.3 is 21.5 Å². The van der Waals surface area contributed by atoms with E-state index in [4.69, 9.17) is 16.2 Å². The Morgan fingerprint density at radius 2 is 1.73 bits per heavy atom. The number of hydrogen-bond donors (Lipinski definition) is 3. The molecule has 1 fully saturated rings. The van der Waals surface area contributed by atoms with Crippen LogP contribution in [0.1, 0.15) is 82.3 Å². The highest BCUT2D eigenvalue weighted by atomic mass is 32.1. The second-order valence-electron chi connectivity index (χ2n) is 9.72. The van der Waals surface area contributed by atoms with E-state index in [9.17, 15) is 23.6 Å². The molecule has 1 atom stereocenters. The van der Waals surface area contributed by atoms with Gasteiger partial charge in [0.25, 0.3) is 11.8 Å². The maximum absolute atomic E-state index is 14.1. The fraction of sp³-hybridized carbons (Fsp3) is 0.345. The van der Waals surface area contributed by atoms with Gasteiger partial charge in [0.2, 0.25) is 5.91 Å². The van der Waals surface area contributed by atoms with Crippen molar-refractivity contribution >= 4 is 46.6 Å². The second kappa shape index (κ2) is 13.4. The number of anilines is 2. The van der Waals surface area contributed by atoms with Gasteiger partial charge in [0.1, 0.15) is 23.3 Å². The molecule has 10 nitrogen and oxygen atoms in total. The number of primary amides is 1. The van der Waals surface area contributed by atoms with Crippen molar-refractivity contribution in [2.75, 3.05) is 23.8 Å². The number of ether oxygens (including phenoxy) is 1. The molecule has 0 radical (unpaired) electrons. The van der Waals surface area contributed by atoms with Gasteiger partial charge in [-0.3, -0.25) is 24.1 Å². The molecule has 1 aliphatic carbocycles. The number of hydrogen-bond acceptors (Lipinski definition) is 8. The summed E-state index contributed by atoms with van der Waals surface area (Å²) in [6.45, 7) is 1.32. The monoisotopic (exact) mass is 581 g/mol. The van der Waals surface area contributed by atoms with Crippen LogP contribution in [-0.2, 0) is 14.3 Å². The minimum Gasteiger partial charge on any atom is -0.465 e. The Hall–Kier alpha value is -4.32. The Morgan fingerprint density at radius 1 is 1.07 bits per heavy atom. The third-order valence-corrected chi connectivity index (χ3v) is 7.88. The lowest BCUT2D eigenvalue weighted by atomic mass is 9.84. The van der Waals surface area contributed by atoms with Gasteiger partial charge >= 0.3 is 5.97 Å².